The van der Waals surface area contributed by atoms with Crippen LogP contribution >= 0.6 is 11.6 Å². The van der Waals surface area contributed by atoms with E-state index < -0.39 is 10.0 Å². The number of nitrogens with one attached hydrogen (secondary N) is 2. The normalized spacial score (nSPS) is 18.6. The molecule has 26 heavy (non-hydrogen) atoms. The molecule has 1 aliphatic rings. The highest BCUT2D eigenvalue weighted by atomic mass is 35.5. The highest BCUT2D eigenvalue weighted by Gasteiger charge is 2.24. The smallest absolute Gasteiger partial charge is 0.234 e. The molecule has 1 saturated heterocycles. The first-order chi connectivity index (χ1) is 12.3. The minimum absolute atomic E-state index is 0.0157. The van der Waals surface area contributed by atoms with Gasteiger partial charge in [0, 0.05) is 24.2 Å². The van der Waals surface area contributed by atoms with Crippen molar-refractivity contribution in [2.75, 3.05) is 32.4 Å². The summed E-state index contributed by atoms with van der Waals surface area (Å²) in [5, 5.41) is 3.68. The van der Waals surface area contributed by atoms with Gasteiger partial charge in [-0.05, 0) is 49.9 Å². The molecule has 1 amide bonds. The van der Waals surface area contributed by atoms with Gasteiger partial charge in [-0.2, -0.15) is 0 Å². The minimum Gasteiger partial charge on any atom is -0.355 e. The number of rotatable bonds is 9. The van der Waals surface area contributed by atoms with Crippen molar-refractivity contribution in [1.82, 2.24) is 14.9 Å². The van der Waals surface area contributed by atoms with Crippen molar-refractivity contribution < 1.29 is 13.2 Å². The molecular formula is C18H28ClN3O3S. The Hall–Kier alpha value is -1.15. The van der Waals surface area contributed by atoms with Crippen LogP contribution in [0.3, 0.4) is 0 Å². The van der Waals surface area contributed by atoms with Crippen LogP contribution in [0.25, 0.3) is 0 Å². The third-order valence-corrected chi connectivity index (χ3v) is 5.57. The van der Waals surface area contributed by atoms with E-state index in [0.29, 0.717) is 24.7 Å². The van der Waals surface area contributed by atoms with E-state index in [2.05, 4.69) is 14.9 Å². The fraction of sp³-hybridized carbons (Fsp3) is 0.611. The van der Waals surface area contributed by atoms with Crippen LogP contribution in [-0.2, 0) is 21.2 Å². The summed E-state index contributed by atoms with van der Waals surface area (Å²) in [7, 11) is -3.16. The van der Waals surface area contributed by atoms with E-state index in [1.807, 2.05) is 24.3 Å². The molecular weight excluding hydrogens is 374 g/mol. The maximum absolute atomic E-state index is 12.2. The first-order valence-electron chi connectivity index (χ1n) is 9.03. The molecule has 1 unspecified atom stereocenters. The molecule has 0 spiro atoms. The van der Waals surface area contributed by atoms with Crippen LogP contribution in [0.15, 0.2) is 24.3 Å². The molecule has 0 bridgehead atoms. The number of halogens is 1. The van der Waals surface area contributed by atoms with Crippen molar-refractivity contribution in [3.05, 3.63) is 34.9 Å². The minimum atomic E-state index is -3.16. The topological polar surface area (TPSA) is 78.5 Å². The van der Waals surface area contributed by atoms with Crippen LogP contribution in [-0.4, -0.2) is 57.7 Å². The molecule has 1 aliphatic heterocycles. The van der Waals surface area contributed by atoms with Gasteiger partial charge in [-0.1, -0.05) is 30.2 Å². The Kier molecular flexibility index (Phi) is 8.34. The molecule has 2 N–H and O–H groups in total. The number of piperidine rings is 1. The van der Waals surface area contributed by atoms with Crippen molar-refractivity contribution >= 4 is 27.5 Å². The van der Waals surface area contributed by atoms with Gasteiger partial charge < -0.3 is 5.32 Å². The Morgan fingerprint density at radius 1 is 1.23 bits per heavy atom. The second kappa shape index (κ2) is 10.3. The lowest BCUT2D eigenvalue weighted by molar-refractivity contribution is -0.123. The monoisotopic (exact) mass is 401 g/mol. The van der Waals surface area contributed by atoms with Crippen molar-refractivity contribution in [3.8, 4) is 0 Å². The summed E-state index contributed by atoms with van der Waals surface area (Å²) in [6.07, 6.45) is 5.87. The zero-order valence-electron chi connectivity index (χ0n) is 15.2. The zero-order valence-corrected chi connectivity index (χ0v) is 16.8. The van der Waals surface area contributed by atoms with Crippen LogP contribution < -0.4 is 10.0 Å². The van der Waals surface area contributed by atoms with Gasteiger partial charge in [-0.25, -0.2) is 13.1 Å². The number of nitrogens with zero attached hydrogens (tertiary/aromatic N) is 1. The number of likely N-dealkylation sites (tertiary alicyclic amines) is 1. The number of benzene rings is 1. The Morgan fingerprint density at radius 3 is 2.65 bits per heavy atom. The molecule has 2 rings (SSSR count). The number of hydrogen-bond donors (Lipinski definition) is 2. The average Bonchev–Trinajstić information content (AvgIpc) is 2.57. The number of sulfonamides is 1. The van der Waals surface area contributed by atoms with Crippen LogP contribution in [0.2, 0.25) is 5.02 Å². The molecule has 1 atom stereocenters. The van der Waals surface area contributed by atoms with Gasteiger partial charge in [0.15, 0.2) is 0 Å². The lowest BCUT2D eigenvalue weighted by Crippen LogP contribution is -2.46. The summed E-state index contributed by atoms with van der Waals surface area (Å²) in [4.78, 5) is 14.4. The van der Waals surface area contributed by atoms with E-state index in [1.165, 1.54) is 6.26 Å². The van der Waals surface area contributed by atoms with Crippen molar-refractivity contribution in [1.29, 1.82) is 0 Å². The van der Waals surface area contributed by atoms with Crippen molar-refractivity contribution in [2.45, 2.75) is 38.1 Å². The van der Waals surface area contributed by atoms with Gasteiger partial charge >= 0.3 is 0 Å². The van der Waals surface area contributed by atoms with Gasteiger partial charge in [0.1, 0.15) is 0 Å². The summed E-state index contributed by atoms with van der Waals surface area (Å²) in [5.41, 5.74) is 1.14. The number of hydrogen-bond acceptors (Lipinski definition) is 4. The SMILES string of the molecule is CS(=O)(=O)NCCC1CCCCN1CC(=O)NCCc1ccc(Cl)cc1. The molecule has 8 heteroatoms. The van der Waals surface area contributed by atoms with Crippen molar-refractivity contribution in [2.24, 2.45) is 0 Å². The molecule has 1 aromatic carbocycles. The molecule has 1 fully saturated rings. The standard InChI is InChI=1S/C18H28ClN3O3S/c1-26(24,25)21-12-10-17-4-2-3-13-22(17)14-18(23)20-11-9-15-5-7-16(19)8-6-15/h5-8,17,21H,2-4,9-14H2,1H3,(H,20,23). The zero-order chi connectivity index (χ0) is 19.0. The van der Waals surface area contributed by atoms with Crippen LogP contribution in [0.1, 0.15) is 31.2 Å². The number of carbonyl (C=O) groups excluding carboxylic acids is 1. The number of amides is 1. The summed E-state index contributed by atoms with van der Waals surface area (Å²) >= 11 is 5.87. The van der Waals surface area contributed by atoms with E-state index in [1.54, 1.807) is 0 Å². The fourth-order valence-corrected chi connectivity index (χ4v) is 3.86. The maximum Gasteiger partial charge on any atom is 0.234 e. The van der Waals surface area contributed by atoms with E-state index in [-0.39, 0.29) is 11.9 Å². The molecule has 0 radical (unpaired) electrons. The molecule has 1 heterocycles. The summed E-state index contributed by atoms with van der Waals surface area (Å²) in [5.74, 6) is 0.0157. The molecule has 0 saturated carbocycles. The lowest BCUT2D eigenvalue weighted by atomic mass is 9.99. The Morgan fingerprint density at radius 2 is 1.96 bits per heavy atom. The first-order valence-corrected chi connectivity index (χ1v) is 11.3. The quantitative estimate of drug-likeness (QED) is 0.661. The molecule has 0 aromatic heterocycles. The van der Waals surface area contributed by atoms with E-state index in [9.17, 15) is 13.2 Å². The van der Waals surface area contributed by atoms with Crippen LogP contribution in [0.4, 0.5) is 0 Å². The summed E-state index contributed by atoms with van der Waals surface area (Å²) in [6.45, 7) is 2.26. The summed E-state index contributed by atoms with van der Waals surface area (Å²) in [6, 6.07) is 7.87. The van der Waals surface area contributed by atoms with Gasteiger partial charge in [-0.3, -0.25) is 9.69 Å². The van der Waals surface area contributed by atoms with Gasteiger partial charge in [0.05, 0.1) is 12.8 Å². The Bertz CT molecular complexity index is 679. The first kappa shape index (κ1) is 21.2. The van der Waals surface area contributed by atoms with Gasteiger partial charge in [0.25, 0.3) is 0 Å². The highest BCUT2D eigenvalue weighted by Crippen LogP contribution is 2.19. The van der Waals surface area contributed by atoms with Gasteiger partial charge in [0.2, 0.25) is 15.9 Å². The van der Waals surface area contributed by atoms with Crippen molar-refractivity contribution in [3.63, 3.8) is 0 Å². The largest absolute Gasteiger partial charge is 0.355 e. The third kappa shape index (κ3) is 8.03. The van der Waals surface area contributed by atoms with E-state index >= 15 is 0 Å². The molecule has 146 valence electrons. The second-order valence-electron chi connectivity index (χ2n) is 6.80. The highest BCUT2D eigenvalue weighted by molar-refractivity contribution is 7.88. The van der Waals surface area contributed by atoms with Crippen LogP contribution in [0, 0.1) is 0 Å². The van der Waals surface area contributed by atoms with Crippen LogP contribution in [0.5, 0.6) is 0 Å². The lowest BCUT2D eigenvalue weighted by Gasteiger charge is -2.35. The Balaban J connectivity index is 1.73. The predicted molar refractivity (Wildman–Crippen MR) is 105 cm³/mol. The molecule has 0 aliphatic carbocycles. The maximum atomic E-state index is 12.2. The average molecular weight is 402 g/mol. The molecule has 6 nitrogen and oxygen atoms in total. The third-order valence-electron chi connectivity index (χ3n) is 4.59. The van der Waals surface area contributed by atoms with Gasteiger partial charge in [-0.15, -0.1) is 0 Å². The Labute approximate surface area is 161 Å². The summed E-state index contributed by atoms with van der Waals surface area (Å²) < 4.78 is 24.9. The predicted octanol–water partition coefficient (Wildman–Crippen LogP) is 1.79. The number of carbonyl (C=O) groups is 1. The van der Waals surface area contributed by atoms with E-state index in [0.717, 1.165) is 44.2 Å². The second-order valence-corrected chi connectivity index (χ2v) is 9.07. The molecule has 1 aromatic rings. The van der Waals surface area contributed by atoms with E-state index in [4.69, 9.17) is 11.6 Å². The fourth-order valence-electron chi connectivity index (χ4n) is 3.24.